The van der Waals surface area contributed by atoms with Gasteiger partial charge in [0.05, 0.1) is 5.52 Å². The van der Waals surface area contributed by atoms with E-state index in [1.54, 1.807) is 12.1 Å². The Morgan fingerprint density at radius 2 is 2.00 bits per heavy atom. The molecule has 1 aliphatic heterocycles. The Labute approximate surface area is 89.8 Å². The maximum absolute atomic E-state index is 11.4. The van der Waals surface area contributed by atoms with Crippen molar-refractivity contribution < 1.29 is 9.47 Å². The van der Waals surface area contributed by atoms with E-state index >= 15 is 0 Å². The molecule has 0 amide bonds. The largest absolute Gasteiger partial charge is 0.454 e. The molecule has 3 rings (SSSR count). The number of ether oxygens (including phenoxy) is 2. The summed E-state index contributed by atoms with van der Waals surface area (Å²) in [6.07, 6.45) is 0. The van der Waals surface area contributed by atoms with Gasteiger partial charge in [0.15, 0.2) is 11.5 Å². The minimum absolute atomic E-state index is 0.0892. The van der Waals surface area contributed by atoms with Gasteiger partial charge in [-0.1, -0.05) is 0 Å². The molecule has 1 aromatic carbocycles. The Bertz CT molecular complexity index is 682. The summed E-state index contributed by atoms with van der Waals surface area (Å²) in [5.41, 5.74) is 0.327. The Morgan fingerprint density at radius 1 is 1.25 bits per heavy atom. The van der Waals surface area contributed by atoms with Crippen molar-refractivity contribution in [3.8, 4) is 17.6 Å². The molecule has 0 radical (unpaired) electrons. The van der Waals surface area contributed by atoms with Crippen LogP contribution in [0.2, 0.25) is 0 Å². The number of pyridine rings is 1. The van der Waals surface area contributed by atoms with Crippen LogP contribution in [0.15, 0.2) is 23.0 Å². The van der Waals surface area contributed by atoms with Gasteiger partial charge in [0.25, 0.3) is 5.56 Å². The first-order valence-corrected chi connectivity index (χ1v) is 4.65. The van der Waals surface area contributed by atoms with Crippen molar-refractivity contribution in [2.45, 2.75) is 0 Å². The summed E-state index contributed by atoms with van der Waals surface area (Å²) < 4.78 is 10.4. The van der Waals surface area contributed by atoms with E-state index in [-0.39, 0.29) is 12.4 Å². The molecule has 2 aromatic rings. The van der Waals surface area contributed by atoms with Crippen LogP contribution in [0.5, 0.6) is 11.5 Å². The van der Waals surface area contributed by atoms with Crippen LogP contribution in [-0.2, 0) is 0 Å². The second kappa shape index (κ2) is 3.00. The fraction of sp³-hybridized carbons (Fsp3) is 0.0909. The lowest BCUT2D eigenvalue weighted by Gasteiger charge is -2.00. The van der Waals surface area contributed by atoms with E-state index in [1.165, 1.54) is 6.07 Å². The molecule has 0 spiro atoms. The van der Waals surface area contributed by atoms with Crippen LogP contribution in [0.3, 0.4) is 0 Å². The van der Waals surface area contributed by atoms with Crippen molar-refractivity contribution >= 4 is 10.9 Å². The highest BCUT2D eigenvalue weighted by Crippen LogP contribution is 2.35. The highest BCUT2D eigenvalue weighted by Gasteiger charge is 2.15. The first kappa shape index (κ1) is 8.80. The van der Waals surface area contributed by atoms with E-state index in [0.717, 1.165) is 5.39 Å². The zero-order chi connectivity index (χ0) is 11.1. The average Bonchev–Trinajstić information content (AvgIpc) is 2.72. The van der Waals surface area contributed by atoms with Gasteiger partial charge in [-0.15, -0.1) is 0 Å². The number of H-pyrrole nitrogens is 1. The SMILES string of the molecule is N#Cc1cc2cc3c(cc2[nH]c1=O)OCO3. The Kier molecular flexibility index (Phi) is 1.65. The molecule has 1 aromatic heterocycles. The third-order valence-corrected chi connectivity index (χ3v) is 2.46. The van der Waals surface area contributed by atoms with Crippen LogP contribution < -0.4 is 15.0 Å². The number of benzene rings is 1. The highest BCUT2D eigenvalue weighted by atomic mass is 16.7. The summed E-state index contributed by atoms with van der Waals surface area (Å²) in [6.45, 7) is 0.182. The van der Waals surface area contributed by atoms with Crippen LogP contribution in [0.25, 0.3) is 10.9 Å². The molecular formula is C11H6N2O3. The van der Waals surface area contributed by atoms with Crippen LogP contribution in [-0.4, -0.2) is 11.8 Å². The predicted octanol–water partition coefficient (Wildman–Crippen LogP) is 1.13. The van der Waals surface area contributed by atoms with E-state index in [2.05, 4.69) is 4.98 Å². The lowest BCUT2D eigenvalue weighted by atomic mass is 10.1. The van der Waals surface area contributed by atoms with E-state index in [1.807, 2.05) is 6.07 Å². The minimum atomic E-state index is -0.395. The van der Waals surface area contributed by atoms with Crippen molar-refractivity contribution in [3.63, 3.8) is 0 Å². The van der Waals surface area contributed by atoms with Gasteiger partial charge in [0.2, 0.25) is 6.79 Å². The molecule has 0 aliphatic carbocycles. The molecule has 5 heteroatoms. The van der Waals surface area contributed by atoms with Gasteiger partial charge in [-0.25, -0.2) is 0 Å². The Balaban J connectivity index is 2.37. The Morgan fingerprint density at radius 3 is 2.75 bits per heavy atom. The first-order chi connectivity index (χ1) is 7.78. The van der Waals surface area contributed by atoms with Gasteiger partial charge >= 0.3 is 0 Å². The number of fused-ring (bicyclic) bond motifs is 2. The molecule has 0 unspecified atom stereocenters. The summed E-state index contributed by atoms with van der Waals surface area (Å²) in [7, 11) is 0. The van der Waals surface area contributed by atoms with E-state index < -0.39 is 5.56 Å². The Hall–Kier alpha value is -2.48. The van der Waals surface area contributed by atoms with Crippen LogP contribution in [0, 0.1) is 11.3 Å². The summed E-state index contributed by atoms with van der Waals surface area (Å²) in [5.74, 6) is 1.23. The quantitative estimate of drug-likeness (QED) is 0.713. The van der Waals surface area contributed by atoms with Crippen molar-refractivity contribution in [3.05, 3.63) is 34.1 Å². The molecule has 2 heterocycles. The van der Waals surface area contributed by atoms with E-state index in [0.29, 0.717) is 17.0 Å². The number of rotatable bonds is 0. The summed E-state index contributed by atoms with van der Waals surface area (Å²) in [6, 6.07) is 6.82. The average molecular weight is 214 g/mol. The minimum Gasteiger partial charge on any atom is -0.454 e. The number of aromatic nitrogens is 1. The lowest BCUT2D eigenvalue weighted by molar-refractivity contribution is 0.174. The summed E-state index contributed by atoms with van der Waals surface area (Å²) >= 11 is 0. The maximum Gasteiger partial charge on any atom is 0.266 e. The van der Waals surface area contributed by atoms with Gasteiger partial charge in [0.1, 0.15) is 11.6 Å². The van der Waals surface area contributed by atoms with Crippen LogP contribution >= 0.6 is 0 Å². The molecule has 16 heavy (non-hydrogen) atoms. The van der Waals surface area contributed by atoms with Crippen molar-refractivity contribution in [2.75, 3.05) is 6.79 Å². The van der Waals surface area contributed by atoms with Crippen molar-refractivity contribution in [1.29, 1.82) is 5.26 Å². The summed E-state index contributed by atoms with van der Waals surface area (Å²) in [4.78, 5) is 14.0. The van der Waals surface area contributed by atoms with E-state index in [4.69, 9.17) is 14.7 Å². The normalized spacial score (nSPS) is 12.7. The molecule has 1 N–H and O–H groups in total. The zero-order valence-electron chi connectivity index (χ0n) is 8.11. The standard InChI is InChI=1S/C11H6N2O3/c12-4-7-1-6-2-9-10(16-5-15-9)3-8(6)13-11(7)14/h1-3H,5H2,(H,13,14). The van der Waals surface area contributed by atoms with Crippen LogP contribution in [0.1, 0.15) is 5.56 Å². The number of hydrogen-bond acceptors (Lipinski definition) is 4. The fourth-order valence-corrected chi connectivity index (χ4v) is 1.68. The van der Waals surface area contributed by atoms with Gasteiger partial charge in [-0.3, -0.25) is 4.79 Å². The van der Waals surface area contributed by atoms with Gasteiger partial charge in [-0.05, 0) is 12.1 Å². The first-order valence-electron chi connectivity index (χ1n) is 4.65. The molecule has 0 saturated carbocycles. The van der Waals surface area contributed by atoms with Crippen molar-refractivity contribution in [1.82, 2.24) is 4.98 Å². The lowest BCUT2D eigenvalue weighted by Crippen LogP contribution is -2.09. The molecule has 0 bridgehead atoms. The zero-order valence-corrected chi connectivity index (χ0v) is 8.11. The number of hydrogen-bond donors (Lipinski definition) is 1. The number of aromatic amines is 1. The number of nitrogens with one attached hydrogen (secondary N) is 1. The van der Waals surface area contributed by atoms with Gasteiger partial charge in [-0.2, -0.15) is 5.26 Å². The van der Waals surface area contributed by atoms with Gasteiger partial charge < -0.3 is 14.5 Å². The third kappa shape index (κ3) is 1.13. The molecule has 5 nitrogen and oxygen atoms in total. The third-order valence-electron chi connectivity index (χ3n) is 2.46. The molecule has 78 valence electrons. The summed E-state index contributed by atoms with van der Waals surface area (Å²) in [5, 5.41) is 9.50. The molecular weight excluding hydrogens is 208 g/mol. The van der Waals surface area contributed by atoms with Gasteiger partial charge in [0, 0.05) is 11.5 Å². The molecule has 1 aliphatic rings. The van der Waals surface area contributed by atoms with E-state index in [9.17, 15) is 4.79 Å². The molecule has 0 atom stereocenters. The number of nitrogens with zero attached hydrogens (tertiary/aromatic N) is 1. The van der Waals surface area contributed by atoms with Crippen molar-refractivity contribution in [2.24, 2.45) is 0 Å². The topological polar surface area (TPSA) is 75.1 Å². The maximum atomic E-state index is 11.4. The van der Waals surface area contributed by atoms with Crippen LogP contribution in [0.4, 0.5) is 0 Å². The second-order valence-electron chi connectivity index (χ2n) is 3.42. The predicted molar refractivity (Wildman–Crippen MR) is 55.4 cm³/mol. The molecule has 0 saturated heterocycles. The highest BCUT2D eigenvalue weighted by molar-refractivity contribution is 5.83. The smallest absolute Gasteiger partial charge is 0.266 e. The number of nitriles is 1. The monoisotopic (exact) mass is 214 g/mol. The fourth-order valence-electron chi connectivity index (χ4n) is 1.68. The second-order valence-corrected chi connectivity index (χ2v) is 3.42. The molecule has 0 fully saturated rings.